The molecule has 0 bridgehead atoms. The molecule has 0 atom stereocenters. The lowest BCUT2D eigenvalue weighted by Crippen LogP contribution is -2.13. The number of nitro benzene ring substituents is 1. The molecule has 0 amide bonds. The Bertz CT molecular complexity index is 412. The largest absolute Gasteiger partial charge is 0.302 e. The van der Waals surface area contributed by atoms with Crippen molar-refractivity contribution in [1.82, 2.24) is 5.32 Å². The first-order chi connectivity index (χ1) is 7.15. The Morgan fingerprint density at radius 3 is 2.87 bits per heavy atom. The Labute approximate surface area is 96.0 Å². The Morgan fingerprint density at radius 2 is 2.33 bits per heavy atom. The van der Waals surface area contributed by atoms with E-state index in [4.69, 9.17) is 6.42 Å². The maximum atomic E-state index is 10.5. The molecule has 15 heavy (non-hydrogen) atoms. The molecule has 0 fully saturated rings. The summed E-state index contributed by atoms with van der Waals surface area (Å²) in [5.41, 5.74) is 1.01. The Hall–Kier alpha value is -1.38. The summed E-state index contributed by atoms with van der Waals surface area (Å²) >= 11 is 3.27. The smallest absolute Gasteiger partial charge is 0.270 e. The van der Waals surface area contributed by atoms with Crippen LogP contribution in [0.5, 0.6) is 0 Å². The molecule has 78 valence electrons. The summed E-state index contributed by atoms with van der Waals surface area (Å²) < 4.78 is 0.709. The second-order valence-electron chi connectivity index (χ2n) is 2.84. The van der Waals surface area contributed by atoms with Gasteiger partial charge < -0.3 is 5.32 Å². The van der Waals surface area contributed by atoms with E-state index in [1.165, 1.54) is 12.1 Å². The molecule has 0 spiro atoms. The molecule has 1 N–H and O–H groups in total. The van der Waals surface area contributed by atoms with Gasteiger partial charge in [-0.2, -0.15) is 0 Å². The van der Waals surface area contributed by atoms with Crippen LogP contribution in [-0.2, 0) is 6.54 Å². The zero-order valence-electron chi connectivity index (χ0n) is 7.87. The summed E-state index contributed by atoms with van der Waals surface area (Å²) in [6.07, 6.45) is 5.08. The third kappa shape index (κ3) is 3.35. The highest BCUT2D eigenvalue weighted by Gasteiger charge is 2.08. The van der Waals surface area contributed by atoms with Crippen LogP contribution in [0.1, 0.15) is 5.56 Å². The van der Waals surface area contributed by atoms with Crippen LogP contribution in [0.15, 0.2) is 22.7 Å². The van der Waals surface area contributed by atoms with Crippen molar-refractivity contribution in [3.05, 3.63) is 38.3 Å². The minimum atomic E-state index is -0.427. The Morgan fingerprint density at radius 1 is 1.60 bits per heavy atom. The monoisotopic (exact) mass is 268 g/mol. The van der Waals surface area contributed by atoms with Gasteiger partial charge in [0.15, 0.2) is 0 Å². The molecular formula is C10H9BrN2O2. The number of hydrogen-bond donors (Lipinski definition) is 1. The second kappa shape index (κ2) is 5.49. The van der Waals surface area contributed by atoms with Crippen LogP contribution in [0.3, 0.4) is 0 Å². The van der Waals surface area contributed by atoms with Crippen LogP contribution >= 0.6 is 15.9 Å². The molecule has 1 aromatic carbocycles. The number of nitrogens with one attached hydrogen (secondary N) is 1. The maximum Gasteiger partial charge on any atom is 0.270 e. The van der Waals surface area contributed by atoms with E-state index < -0.39 is 4.92 Å². The lowest BCUT2D eigenvalue weighted by molar-refractivity contribution is -0.384. The first-order valence-corrected chi connectivity index (χ1v) is 5.01. The van der Waals surface area contributed by atoms with E-state index in [1.807, 2.05) is 0 Å². The minimum absolute atomic E-state index is 0.0718. The highest BCUT2D eigenvalue weighted by molar-refractivity contribution is 9.10. The van der Waals surface area contributed by atoms with Crippen LogP contribution < -0.4 is 5.32 Å². The van der Waals surface area contributed by atoms with Gasteiger partial charge in [0.05, 0.1) is 11.5 Å². The molecule has 0 heterocycles. The van der Waals surface area contributed by atoms with Crippen molar-refractivity contribution in [3.8, 4) is 12.3 Å². The van der Waals surface area contributed by atoms with Gasteiger partial charge in [0, 0.05) is 23.2 Å². The van der Waals surface area contributed by atoms with Crippen LogP contribution in [0.2, 0.25) is 0 Å². The Balaban J connectivity index is 2.76. The van der Waals surface area contributed by atoms with Gasteiger partial charge in [0.25, 0.3) is 5.69 Å². The van der Waals surface area contributed by atoms with Gasteiger partial charge in [-0.15, -0.1) is 6.42 Å². The molecule has 0 saturated carbocycles. The predicted molar refractivity (Wildman–Crippen MR) is 61.3 cm³/mol. The van der Waals surface area contributed by atoms with E-state index >= 15 is 0 Å². The van der Waals surface area contributed by atoms with Crippen molar-refractivity contribution in [2.45, 2.75) is 6.54 Å². The summed E-state index contributed by atoms with van der Waals surface area (Å²) in [6.45, 7) is 1.06. The summed E-state index contributed by atoms with van der Waals surface area (Å²) in [5, 5.41) is 13.5. The summed E-state index contributed by atoms with van der Waals surface area (Å²) in [4.78, 5) is 10.0. The average Bonchev–Trinajstić information content (AvgIpc) is 2.20. The summed E-state index contributed by atoms with van der Waals surface area (Å²) in [7, 11) is 0. The molecule has 0 aromatic heterocycles. The Kier molecular flexibility index (Phi) is 4.28. The average molecular weight is 269 g/mol. The zero-order chi connectivity index (χ0) is 11.3. The van der Waals surface area contributed by atoms with E-state index in [1.54, 1.807) is 6.07 Å². The first-order valence-electron chi connectivity index (χ1n) is 4.22. The van der Waals surface area contributed by atoms with Gasteiger partial charge in [-0.25, -0.2) is 0 Å². The third-order valence-electron chi connectivity index (χ3n) is 1.79. The van der Waals surface area contributed by atoms with Gasteiger partial charge in [-0.3, -0.25) is 10.1 Å². The fraction of sp³-hybridized carbons (Fsp3) is 0.200. The number of nitro groups is 1. The third-order valence-corrected chi connectivity index (χ3v) is 2.53. The van der Waals surface area contributed by atoms with Gasteiger partial charge in [-0.05, 0) is 11.6 Å². The molecule has 0 radical (unpaired) electrons. The summed E-state index contributed by atoms with van der Waals surface area (Å²) in [5.74, 6) is 2.45. The highest BCUT2D eigenvalue weighted by Crippen LogP contribution is 2.22. The topological polar surface area (TPSA) is 55.2 Å². The molecule has 0 unspecified atom stereocenters. The van der Waals surface area contributed by atoms with Crippen LogP contribution in [0, 0.1) is 22.5 Å². The number of rotatable bonds is 4. The fourth-order valence-electron chi connectivity index (χ4n) is 1.06. The highest BCUT2D eigenvalue weighted by atomic mass is 79.9. The number of non-ortho nitro benzene ring substituents is 1. The van der Waals surface area contributed by atoms with Crippen LogP contribution in [0.4, 0.5) is 5.69 Å². The van der Waals surface area contributed by atoms with Crippen LogP contribution in [0.25, 0.3) is 0 Å². The quantitative estimate of drug-likeness (QED) is 0.394. The molecule has 0 aliphatic heterocycles. The lowest BCUT2D eigenvalue weighted by atomic mass is 10.2. The molecule has 1 aromatic rings. The van der Waals surface area contributed by atoms with Crippen LogP contribution in [-0.4, -0.2) is 11.5 Å². The maximum absolute atomic E-state index is 10.5. The first kappa shape index (κ1) is 11.7. The van der Waals surface area contributed by atoms with Gasteiger partial charge >= 0.3 is 0 Å². The second-order valence-corrected chi connectivity index (χ2v) is 3.69. The van der Waals surface area contributed by atoms with Crippen molar-refractivity contribution in [2.24, 2.45) is 0 Å². The molecule has 4 nitrogen and oxygen atoms in total. The van der Waals surface area contributed by atoms with E-state index in [-0.39, 0.29) is 5.69 Å². The van der Waals surface area contributed by atoms with Crippen molar-refractivity contribution in [1.29, 1.82) is 0 Å². The van der Waals surface area contributed by atoms with Gasteiger partial charge in [-0.1, -0.05) is 21.9 Å². The predicted octanol–water partition coefficient (Wildman–Crippen LogP) is 2.08. The normalized spacial score (nSPS) is 9.60. The lowest BCUT2D eigenvalue weighted by Gasteiger charge is -2.03. The number of benzene rings is 1. The van der Waals surface area contributed by atoms with Crippen molar-refractivity contribution in [2.75, 3.05) is 6.54 Å². The molecule has 0 saturated heterocycles. The van der Waals surface area contributed by atoms with Crippen molar-refractivity contribution < 1.29 is 4.92 Å². The van der Waals surface area contributed by atoms with Gasteiger partial charge in [0.2, 0.25) is 0 Å². The number of hydrogen-bond acceptors (Lipinski definition) is 3. The van der Waals surface area contributed by atoms with E-state index in [9.17, 15) is 10.1 Å². The zero-order valence-corrected chi connectivity index (χ0v) is 9.45. The number of terminal acetylenes is 1. The van der Waals surface area contributed by atoms with Crippen molar-refractivity contribution in [3.63, 3.8) is 0 Å². The SMILES string of the molecule is C#CCNCc1ccc([N+](=O)[O-])cc1Br. The molecule has 1 rings (SSSR count). The summed E-state index contributed by atoms with van der Waals surface area (Å²) in [6, 6.07) is 4.65. The molecule has 5 heteroatoms. The molecular weight excluding hydrogens is 260 g/mol. The van der Waals surface area contributed by atoms with E-state index in [0.717, 1.165) is 5.56 Å². The number of halogens is 1. The van der Waals surface area contributed by atoms with E-state index in [2.05, 4.69) is 27.2 Å². The van der Waals surface area contributed by atoms with Crippen molar-refractivity contribution >= 4 is 21.6 Å². The fourth-order valence-corrected chi connectivity index (χ4v) is 1.57. The van der Waals surface area contributed by atoms with E-state index in [0.29, 0.717) is 17.6 Å². The minimum Gasteiger partial charge on any atom is -0.302 e. The molecule has 0 aliphatic carbocycles. The number of nitrogens with zero attached hydrogens (tertiary/aromatic N) is 1. The standard InChI is InChI=1S/C10H9BrN2O2/c1-2-5-12-7-8-3-4-9(13(14)15)6-10(8)11/h1,3-4,6,12H,5,7H2. The van der Waals surface area contributed by atoms with Gasteiger partial charge in [0.1, 0.15) is 0 Å². The molecule has 0 aliphatic rings.